The third-order valence-corrected chi connectivity index (χ3v) is 5.51. The second kappa shape index (κ2) is 5.30. The highest BCUT2D eigenvalue weighted by Gasteiger charge is 2.15. The molecule has 0 aliphatic carbocycles. The van der Waals surface area contributed by atoms with Crippen LogP contribution < -0.4 is 5.73 Å². The molecule has 1 heterocycles. The first-order valence-electron chi connectivity index (χ1n) is 5.29. The highest BCUT2D eigenvalue weighted by atomic mass is 35.5. The third kappa shape index (κ3) is 3.04. The minimum absolute atomic E-state index is 0.0771. The van der Waals surface area contributed by atoms with Gasteiger partial charge in [-0.05, 0) is 36.1 Å². The molecule has 0 saturated heterocycles. The molecule has 0 fully saturated rings. The molecule has 0 spiro atoms. The van der Waals surface area contributed by atoms with Crippen LogP contribution in [0.25, 0.3) is 0 Å². The zero-order chi connectivity index (χ0) is 13.2. The lowest BCUT2D eigenvalue weighted by molar-refractivity contribution is 0.595. The number of thiophene rings is 1. The molecule has 0 bridgehead atoms. The van der Waals surface area contributed by atoms with Crippen molar-refractivity contribution in [3.63, 3.8) is 0 Å². The van der Waals surface area contributed by atoms with Crippen molar-refractivity contribution in [3.05, 3.63) is 45.6 Å². The molecule has 1 aromatic carbocycles. The van der Waals surface area contributed by atoms with Gasteiger partial charge in [0, 0.05) is 4.88 Å². The van der Waals surface area contributed by atoms with Crippen molar-refractivity contribution in [1.82, 2.24) is 0 Å². The Morgan fingerprint density at radius 2 is 2.06 bits per heavy atom. The van der Waals surface area contributed by atoms with Crippen LogP contribution in [0.5, 0.6) is 0 Å². The third-order valence-electron chi connectivity index (χ3n) is 2.53. The molecule has 2 aromatic rings. The number of halogens is 1. The molecule has 0 saturated carbocycles. The first kappa shape index (κ1) is 13.4. The first-order chi connectivity index (χ1) is 8.49. The van der Waals surface area contributed by atoms with E-state index in [0.29, 0.717) is 12.1 Å². The van der Waals surface area contributed by atoms with Gasteiger partial charge in [0.25, 0.3) is 0 Å². The largest absolute Gasteiger partial charge is 0.398 e. The van der Waals surface area contributed by atoms with Gasteiger partial charge >= 0.3 is 0 Å². The van der Waals surface area contributed by atoms with Crippen molar-refractivity contribution in [3.8, 4) is 0 Å². The van der Waals surface area contributed by atoms with Gasteiger partial charge in [-0.25, -0.2) is 8.42 Å². The molecular formula is C12H12ClNO2S2. The van der Waals surface area contributed by atoms with Gasteiger partial charge in [-0.1, -0.05) is 17.7 Å². The molecule has 0 atom stereocenters. The van der Waals surface area contributed by atoms with Crippen LogP contribution in [0, 0.1) is 0 Å². The molecular weight excluding hydrogens is 290 g/mol. The maximum absolute atomic E-state index is 12.1. The SMILES string of the molecule is Nc1ccc(S(=O)(=O)CCc2cccs2)cc1Cl. The van der Waals surface area contributed by atoms with Crippen LogP contribution >= 0.6 is 22.9 Å². The molecule has 1 aromatic heterocycles. The first-order valence-corrected chi connectivity index (χ1v) is 8.20. The van der Waals surface area contributed by atoms with Crippen LogP contribution in [0.2, 0.25) is 5.02 Å². The predicted octanol–water partition coefficient (Wildman–Crippen LogP) is 3.00. The van der Waals surface area contributed by atoms with Crippen LogP contribution in [0.1, 0.15) is 4.88 Å². The van der Waals surface area contributed by atoms with Crippen LogP contribution in [0.15, 0.2) is 40.6 Å². The number of nitrogens with two attached hydrogens (primary N) is 1. The zero-order valence-corrected chi connectivity index (χ0v) is 11.9. The van der Waals surface area contributed by atoms with E-state index in [4.69, 9.17) is 17.3 Å². The van der Waals surface area contributed by atoms with Crippen LogP contribution in [-0.4, -0.2) is 14.2 Å². The Morgan fingerprint density at radius 1 is 1.28 bits per heavy atom. The topological polar surface area (TPSA) is 60.2 Å². The average molecular weight is 302 g/mol. The Kier molecular flexibility index (Phi) is 3.94. The summed E-state index contributed by atoms with van der Waals surface area (Å²) < 4.78 is 24.2. The van der Waals surface area contributed by atoms with E-state index < -0.39 is 9.84 Å². The maximum Gasteiger partial charge on any atom is 0.178 e. The fourth-order valence-corrected chi connectivity index (χ4v) is 3.89. The van der Waals surface area contributed by atoms with Gasteiger partial charge < -0.3 is 5.73 Å². The van der Waals surface area contributed by atoms with Crippen molar-refractivity contribution >= 4 is 38.5 Å². The number of aryl methyl sites for hydroxylation is 1. The molecule has 0 aliphatic heterocycles. The summed E-state index contributed by atoms with van der Waals surface area (Å²) in [4.78, 5) is 1.28. The molecule has 6 heteroatoms. The summed E-state index contributed by atoms with van der Waals surface area (Å²) in [5.41, 5.74) is 5.94. The summed E-state index contributed by atoms with van der Waals surface area (Å²) in [6.45, 7) is 0. The fourth-order valence-electron chi connectivity index (χ4n) is 1.51. The monoisotopic (exact) mass is 301 g/mol. The molecule has 96 valence electrons. The quantitative estimate of drug-likeness (QED) is 0.883. The summed E-state index contributed by atoms with van der Waals surface area (Å²) in [5, 5.41) is 2.20. The highest BCUT2D eigenvalue weighted by molar-refractivity contribution is 7.91. The minimum Gasteiger partial charge on any atom is -0.398 e. The van der Waals surface area contributed by atoms with Crippen LogP contribution in [0.3, 0.4) is 0 Å². The summed E-state index contributed by atoms with van der Waals surface area (Å²) >= 11 is 7.39. The standard InChI is InChI=1S/C12H12ClNO2S2/c13-11-8-10(3-4-12(11)14)18(15,16)7-5-9-2-1-6-17-9/h1-4,6,8H,5,7,14H2. The summed E-state index contributed by atoms with van der Waals surface area (Å²) in [5.74, 6) is 0.0771. The van der Waals surface area contributed by atoms with Gasteiger partial charge in [0.1, 0.15) is 0 Å². The summed E-state index contributed by atoms with van der Waals surface area (Å²) in [6.07, 6.45) is 0.516. The Morgan fingerprint density at radius 3 is 2.67 bits per heavy atom. The summed E-state index contributed by atoms with van der Waals surface area (Å²) in [7, 11) is -3.31. The van der Waals surface area contributed by atoms with Gasteiger partial charge in [-0.15, -0.1) is 11.3 Å². The maximum atomic E-state index is 12.1. The number of hydrogen-bond donors (Lipinski definition) is 1. The van der Waals surface area contributed by atoms with Crippen molar-refractivity contribution in [2.75, 3.05) is 11.5 Å². The number of anilines is 1. The fraction of sp³-hybridized carbons (Fsp3) is 0.167. The Labute approximate surface area is 115 Å². The number of hydrogen-bond acceptors (Lipinski definition) is 4. The lowest BCUT2D eigenvalue weighted by Gasteiger charge is -2.05. The molecule has 2 N–H and O–H groups in total. The highest BCUT2D eigenvalue weighted by Crippen LogP contribution is 2.23. The molecule has 0 aliphatic rings. The van der Waals surface area contributed by atoms with E-state index in [0.717, 1.165) is 4.88 Å². The lowest BCUT2D eigenvalue weighted by Crippen LogP contribution is -2.09. The molecule has 0 radical (unpaired) electrons. The normalized spacial score (nSPS) is 11.6. The van der Waals surface area contributed by atoms with E-state index in [1.54, 1.807) is 11.3 Å². The van der Waals surface area contributed by atoms with Crippen molar-refractivity contribution in [2.24, 2.45) is 0 Å². The van der Waals surface area contributed by atoms with Crippen molar-refractivity contribution in [1.29, 1.82) is 0 Å². The number of rotatable bonds is 4. The van der Waals surface area contributed by atoms with E-state index >= 15 is 0 Å². The Bertz CT molecular complexity index is 636. The lowest BCUT2D eigenvalue weighted by atomic mass is 10.3. The van der Waals surface area contributed by atoms with Crippen molar-refractivity contribution < 1.29 is 8.42 Å². The molecule has 3 nitrogen and oxygen atoms in total. The molecule has 2 rings (SSSR count). The van der Waals surface area contributed by atoms with Gasteiger partial charge in [0.2, 0.25) is 0 Å². The smallest absolute Gasteiger partial charge is 0.178 e. The van der Waals surface area contributed by atoms with E-state index in [-0.39, 0.29) is 15.7 Å². The summed E-state index contributed by atoms with van der Waals surface area (Å²) in [6, 6.07) is 8.24. The zero-order valence-electron chi connectivity index (χ0n) is 9.47. The average Bonchev–Trinajstić information content (AvgIpc) is 2.83. The number of nitrogen functional groups attached to an aromatic ring is 1. The van der Waals surface area contributed by atoms with Gasteiger partial charge in [-0.3, -0.25) is 0 Å². The van der Waals surface area contributed by atoms with E-state index in [1.807, 2.05) is 17.5 Å². The van der Waals surface area contributed by atoms with Crippen molar-refractivity contribution in [2.45, 2.75) is 11.3 Å². The number of benzene rings is 1. The van der Waals surface area contributed by atoms with Gasteiger partial charge in [0.15, 0.2) is 9.84 Å². The number of sulfone groups is 1. The second-order valence-electron chi connectivity index (χ2n) is 3.83. The van der Waals surface area contributed by atoms with E-state index in [2.05, 4.69) is 0 Å². The Hall–Kier alpha value is -1.04. The Balaban J connectivity index is 2.17. The van der Waals surface area contributed by atoms with E-state index in [9.17, 15) is 8.42 Å². The van der Waals surface area contributed by atoms with Crippen LogP contribution in [0.4, 0.5) is 5.69 Å². The predicted molar refractivity (Wildman–Crippen MR) is 75.9 cm³/mol. The minimum atomic E-state index is -3.31. The van der Waals surface area contributed by atoms with Gasteiger partial charge in [-0.2, -0.15) is 0 Å². The molecule has 0 unspecified atom stereocenters. The van der Waals surface area contributed by atoms with E-state index in [1.165, 1.54) is 18.2 Å². The van der Waals surface area contributed by atoms with Crippen LogP contribution in [-0.2, 0) is 16.3 Å². The molecule has 0 amide bonds. The van der Waals surface area contributed by atoms with Gasteiger partial charge in [0.05, 0.1) is 21.4 Å². The molecule has 18 heavy (non-hydrogen) atoms. The second-order valence-corrected chi connectivity index (χ2v) is 7.38.